The van der Waals surface area contributed by atoms with E-state index < -0.39 is 0 Å². The molecule has 0 saturated carbocycles. The van der Waals surface area contributed by atoms with Gasteiger partial charge in [-0.1, -0.05) is 19.9 Å². The summed E-state index contributed by atoms with van der Waals surface area (Å²) in [6.07, 6.45) is 0.495. The molecule has 1 heterocycles. The molecule has 0 aliphatic carbocycles. The van der Waals surface area contributed by atoms with Crippen LogP contribution in [-0.2, 0) is 0 Å². The molecular weight excluding hydrogens is 214 g/mol. The summed E-state index contributed by atoms with van der Waals surface area (Å²) in [5, 5.41) is 8.67. The number of nitrogens with zero attached hydrogens (tertiary/aromatic N) is 3. The highest BCUT2D eigenvalue weighted by molar-refractivity contribution is 5.46. The van der Waals surface area contributed by atoms with Crippen LogP contribution in [0.1, 0.15) is 20.3 Å². The third-order valence-corrected chi connectivity index (χ3v) is 2.29. The molecule has 5 heteroatoms. The van der Waals surface area contributed by atoms with Crippen molar-refractivity contribution in [2.45, 2.75) is 20.3 Å². The SMILES string of the molecule is CC(C)CN(CCC#N)c1cccc(NN)n1. The molecule has 0 saturated heterocycles. The van der Waals surface area contributed by atoms with Gasteiger partial charge in [0.1, 0.15) is 11.6 Å². The molecule has 5 nitrogen and oxygen atoms in total. The summed E-state index contributed by atoms with van der Waals surface area (Å²) < 4.78 is 0. The molecule has 0 aliphatic rings. The van der Waals surface area contributed by atoms with E-state index in [1.807, 2.05) is 12.1 Å². The lowest BCUT2D eigenvalue weighted by atomic mass is 10.2. The van der Waals surface area contributed by atoms with Gasteiger partial charge in [0, 0.05) is 13.1 Å². The molecule has 0 bridgehead atoms. The van der Waals surface area contributed by atoms with Gasteiger partial charge in [-0.2, -0.15) is 5.26 Å². The van der Waals surface area contributed by atoms with Crippen LogP contribution in [0.3, 0.4) is 0 Å². The van der Waals surface area contributed by atoms with Crippen molar-refractivity contribution < 1.29 is 0 Å². The van der Waals surface area contributed by atoms with E-state index in [1.54, 1.807) is 6.07 Å². The number of hydrogen-bond donors (Lipinski definition) is 2. The first-order valence-corrected chi connectivity index (χ1v) is 5.73. The van der Waals surface area contributed by atoms with Crippen LogP contribution >= 0.6 is 0 Å². The van der Waals surface area contributed by atoms with Gasteiger partial charge in [0.2, 0.25) is 0 Å². The van der Waals surface area contributed by atoms with Gasteiger partial charge in [-0.15, -0.1) is 0 Å². The summed E-state index contributed by atoms with van der Waals surface area (Å²) in [6.45, 7) is 5.85. The summed E-state index contributed by atoms with van der Waals surface area (Å²) in [7, 11) is 0. The molecule has 0 amide bonds. The van der Waals surface area contributed by atoms with Crippen LogP contribution in [0.4, 0.5) is 11.6 Å². The number of aromatic nitrogens is 1. The lowest BCUT2D eigenvalue weighted by Crippen LogP contribution is -2.29. The van der Waals surface area contributed by atoms with Crippen molar-refractivity contribution >= 4 is 11.6 Å². The lowest BCUT2D eigenvalue weighted by molar-refractivity contribution is 0.608. The molecule has 0 aromatic carbocycles. The standard InChI is InChI=1S/C12H19N5/c1-10(2)9-17(8-4-7-13)12-6-3-5-11(15-12)16-14/h3,5-6,10H,4,8-9,14H2,1-2H3,(H,15,16). The molecular formula is C12H19N5. The highest BCUT2D eigenvalue weighted by Crippen LogP contribution is 2.15. The average Bonchev–Trinajstić information content (AvgIpc) is 2.34. The number of pyridine rings is 1. The molecule has 0 atom stereocenters. The van der Waals surface area contributed by atoms with Crippen LogP contribution in [0.15, 0.2) is 18.2 Å². The quantitative estimate of drug-likeness (QED) is 0.578. The minimum Gasteiger partial charge on any atom is -0.355 e. The zero-order valence-corrected chi connectivity index (χ0v) is 10.3. The Hall–Kier alpha value is -1.80. The number of anilines is 2. The molecule has 1 aromatic rings. The first kappa shape index (κ1) is 13.3. The topological polar surface area (TPSA) is 78.0 Å². The summed E-state index contributed by atoms with van der Waals surface area (Å²) in [5.74, 6) is 7.34. The van der Waals surface area contributed by atoms with E-state index >= 15 is 0 Å². The van der Waals surface area contributed by atoms with E-state index in [-0.39, 0.29) is 0 Å². The monoisotopic (exact) mass is 233 g/mol. The van der Waals surface area contributed by atoms with Gasteiger partial charge < -0.3 is 10.3 Å². The molecule has 0 spiro atoms. The van der Waals surface area contributed by atoms with Crippen molar-refractivity contribution in [1.29, 1.82) is 5.26 Å². The average molecular weight is 233 g/mol. The van der Waals surface area contributed by atoms with Crippen molar-refractivity contribution in [3.8, 4) is 6.07 Å². The van der Waals surface area contributed by atoms with Crippen molar-refractivity contribution in [3.63, 3.8) is 0 Å². The first-order valence-electron chi connectivity index (χ1n) is 5.73. The fraction of sp³-hybridized carbons (Fsp3) is 0.500. The van der Waals surface area contributed by atoms with Crippen LogP contribution in [0.2, 0.25) is 0 Å². The summed E-state index contributed by atoms with van der Waals surface area (Å²) >= 11 is 0. The van der Waals surface area contributed by atoms with E-state index in [4.69, 9.17) is 11.1 Å². The third-order valence-electron chi connectivity index (χ3n) is 2.29. The zero-order valence-electron chi connectivity index (χ0n) is 10.3. The van der Waals surface area contributed by atoms with Crippen molar-refractivity contribution in [2.24, 2.45) is 11.8 Å². The van der Waals surface area contributed by atoms with Crippen LogP contribution in [0.5, 0.6) is 0 Å². The number of rotatable bonds is 6. The van der Waals surface area contributed by atoms with Crippen molar-refractivity contribution in [1.82, 2.24) is 4.98 Å². The van der Waals surface area contributed by atoms with Crippen LogP contribution < -0.4 is 16.2 Å². The number of nitrogens with two attached hydrogens (primary N) is 1. The highest BCUT2D eigenvalue weighted by Gasteiger charge is 2.09. The molecule has 0 fully saturated rings. The van der Waals surface area contributed by atoms with Crippen LogP contribution in [0.25, 0.3) is 0 Å². The fourth-order valence-corrected chi connectivity index (χ4v) is 1.60. The lowest BCUT2D eigenvalue weighted by Gasteiger charge is -2.24. The van der Waals surface area contributed by atoms with Gasteiger partial charge in [0.25, 0.3) is 0 Å². The minimum absolute atomic E-state index is 0.495. The van der Waals surface area contributed by atoms with E-state index in [0.29, 0.717) is 24.7 Å². The number of nitrogens with one attached hydrogen (secondary N) is 1. The van der Waals surface area contributed by atoms with E-state index in [0.717, 1.165) is 12.4 Å². The molecule has 1 rings (SSSR count). The Balaban J connectivity index is 2.83. The zero-order chi connectivity index (χ0) is 12.7. The molecule has 0 unspecified atom stereocenters. The number of hydrazine groups is 1. The Kier molecular flexibility index (Phi) is 5.24. The maximum absolute atomic E-state index is 8.67. The molecule has 0 radical (unpaired) electrons. The fourth-order valence-electron chi connectivity index (χ4n) is 1.60. The Labute approximate surface area is 102 Å². The second-order valence-corrected chi connectivity index (χ2v) is 4.27. The Morgan fingerprint density at radius 1 is 1.53 bits per heavy atom. The Morgan fingerprint density at radius 3 is 2.88 bits per heavy atom. The molecule has 1 aromatic heterocycles. The maximum atomic E-state index is 8.67. The number of nitriles is 1. The molecule has 92 valence electrons. The van der Waals surface area contributed by atoms with Gasteiger partial charge >= 0.3 is 0 Å². The summed E-state index contributed by atoms with van der Waals surface area (Å²) in [5.41, 5.74) is 2.53. The summed E-state index contributed by atoms with van der Waals surface area (Å²) in [6, 6.07) is 7.80. The molecule has 0 aliphatic heterocycles. The normalized spacial score (nSPS) is 10.1. The van der Waals surface area contributed by atoms with E-state index in [1.165, 1.54) is 0 Å². The van der Waals surface area contributed by atoms with Gasteiger partial charge in [-0.3, -0.25) is 0 Å². The first-order chi connectivity index (χ1) is 8.17. The third kappa shape index (κ3) is 4.29. The van der Waals surface area contributed by atoms with E-state index in [9.17, 15) is 0 Å². The van der Waals surface area contributed by atoms with Crippen molar-refractivity contribution in [3.05, 3.63) is 18.2 Å². The van der Waals surface area contributed by atoms with Gasteiger partial charge in [0.15, 0.2) is 0 Å². The Bertz CT molecular complexity index is 383. The predicted octanol–water partition coefficient (Wildman–Crippen LogP) is 1.74. The second-order valence-electron chi connectivity index (χ2n) is 4.27. The number of nitrogen functional groups attached to an aromatic ring is 1. The van der Waals surface area contributed by atoms with Crippen LogP contribution in [0, 0.1) is 17.2 Å². The maximum Gasteiger partial charge on any atom is 0.142 e. The predicted molar refractivity (Wildman–Crippen MR) is 69.3 cm³/mol. The second kappa shape index (κ2) is 6.71. The van der Waals surface area contributed by atoms with Gasteiger partial charge in [0.05, 0.1) is 12.5 Å². The summed E-state index contributed by atoms with van der Waals surface area (Å²) in [4.78, 5) is 6.48. The molecule has 17 heavy (non-hydrogen) atoms. The highest BCUT2D eigenvalue weighted by atomic mass is 15.3. The largest absolute Gasteiger partial charge is 0.355 e. The Morgan fingerprint density at radius 2 is 2.29 bits per heavy atom. The van der Waals surface area contributed by atoms with Crippen molar-refractivity contribution in [2.75, 3.05) is 23.4 Å². The van der Waals surface area contributed by atoms with E-state index in [2.05, 4.69) is 35.2 Å². The van der Waals surface area contributed by atoms with Gasteiger partial charge in [-0.05, 0) is 18.1 Å². The molecule has 3 N–H and O–H groups in total. The number of hydrogen-bond acceptors (Lipinski definition) is 5. The minimum atomic E-state index is 0.495. The smallest absolute Gasteiger partial charge is 0.142 e. The van der Waals surface area contributed by atoms with Crippen LogP contribution in [-0.4, -0.2) is 18.1 Å². The van der Waals surface area contributed by atoms with Gasteiger partial charge in [-0.25, -0.2) is 10.8 Å².